The number of aryl methyl sites for hydroxylation is 2. The molecule has 0 radical (unpaired) electrons. The van der Waals surface area contributed by atoms with Gasteiger partial charge >= 0.3 is 5.97 Å². The molecule has 37 heavy (non-hydrogen) atoms. The molecule has 0 unspecified atom stereocenters. The first-order valence-electron chi connectivity index (χ1n) is 11.1. The van der Waals surface area contributed by atoms with E-state index in [9.17, 15) is 22.8 Å². The van der Waals surface area contributed by atoms with E-state index in [1.54, 1.807) is 19.1 Å². The number of hydrogen-bond acceptors (Lipinski definition) is 6. The molecule has 200 valence electrons. The number of carbonyl (C=O) groups excluding carboxylic acids is 2. The second-order valence-electron chi connectivity index (χ2n) is 7.48. The SMILES string of the molecule is C=C(Sc1c(C)cccc1F)C(=O)Nc1csc(-c2ccc(C)c(F)c2F)c1C(=O)OC.CCC.CO. The van der Waals surface area contributed by atoms with Gasteiger partial charge in [0.25, 0.3) is 5.91 Å². The topological polar surface area (TPSA) is 75.6 Å². The van der Waals surface area contributed by atoms with Crippen molar-refractivity contribution in [1.29, 1.82) is 0 Å². The number of thiophene rings is 1. The number of nitrogens with one attached hydrogen (secondary N) is 1. The highest BCUT2D eigenvalue weighted by atomic mass is 32.2. The Labute approximate surface area is 223 Å². The van der Waals surface area contributed by atoms with E-state index in [2.05, 4.69) is 25.7 Å². The number of carbonyl (C=O) groups is 2. The number of thioether (sulfide) groups is 1. The molecule has 0 bridgehead atoms. The van der Waals surface area contributed by atoms with Crippen LogP contribution in [0.4, 0.5) is 18.9 Å². The average molecular weight is 554 g/mol. The number of ether oxygens (including phenoxy) is 1. The van der Waals surface area contributed by atoms with Crippen LogP contribution in [0, 0.1) is 31.3 Å². The van der Waals surface area contributed by atoms with Crippen molar-refractivity contribution in [2.45, 2.75) is 39.0 Å². The van der Waals surface area contributed by atoms with Crippen molar-refractivity contribution in [3.8, 4) is 10.4 Å². The number of hydrogen-bond donors (Lipinski definition) is 2. The van der Waals surface area contributed by atoms with Gasteiger partial charge in [-0.3, -0.25) is 4.79 Å². The van der Waals surface area contributed by atoms with E-state index < -0.39 is 29.3 Å². The summed E-state index contributed by atoms with van der Waals surface area (Å²) in [4.78, 5) is 25.4. The third-order valence-corrected chi connectivity index (χ3v) is 6.76. The molecule has 2 N–H and O–H groups in total. The van der Waals surface area contributed by atoms with Crippen LogP contribution >= 0.6 is 23.1 Å². The van der Waals surface area contributed by atoms with Gasteiger partial charge in [-0.05, 0) is 31.0 Å². The zero-order valence-electron chi connectivity index (χ0n) is 21.5. The maximum atomic E-state index is 14.6. The van der Waals surface area contributed by atoms with Crippen LogP contribution in [0.2, 0.25) is 0 Å². The van der Waals surface area contributed by atoms with Crippen LogP contribution in [0.5, 0.6) is 0 Å². The van der Waals surface area contributed by atoms with Crippen molar-refractivity contribution in [3.63, 3.8) is 0 Å². The summed E-state index contributed by atoms with van der Waals surface area (Å²) in [6.07, 6.45) is 1.25. The maximum absolute atomic E-state index is 14.6. The minimum atomic E-state index is -1.11. The summed E-state index contributed by atoms with van der Waals surface area (Å²) in [5.74, 6) is -4.14. The minimum Gasteiger partial charge on any atom is -0.465 e. The Balaban J connectivity index is 0.00000127. The number of rotatable bonds is 6. The fourth-order valence-electron chi connectivity index (χ4n) is 2.88. The smallest absolute Gasteiger partial charge is 0.341 e. The van der Waals surface area contributed by atoms with Gasteiger partial charge in [0.15, 0.2) is 11.6 Å². The summed E-state index contributed by atoms with van der Waals surface area (Å²) < 4.78 is 47.5. The van der Waals surface area contributed by atoms with Gasteiger partial charge < -0.3 is 15.2 Å². The Bertz CT molecular complexity index is 1240. The molecule has 0 saturated carbocycles. The Morgan fingerprint density at radius 3 is 2.24 bits per heavy atom. The molecule has 3 rings (SSSR count). The van der Waals surface area contributed by atoms with Crippen LogP contribution in [0.15, 0.2) is 52.1 Å². The fraction of sp³-hybridized carbons (Fsp3) is 0.259. The number of methoxy groups -OCH3 is 1. The van der Waals surface area contributed by atoms with Crippen molar-refractivity contribution < 1.29 is 32.6 Å². The largest absolute Gasteiger partial charge is 0.465 e. The zero-order valence-corrected chi connectivity index (χ0v) is 23.1. The lowest BCUT2D eigenvalue weighted by Crippen LogP contribution is -2.15. The molecular weight excluding hydrogens is 523 g/mol. The number of halogens is 3. The van der Waals surface area contributed by atoms with Gasteiger partial charge in [-0.2, -0.15) is 0 Å². The first-order chi connectivity index (χ1) is 17.6. The standard InChI is InChI=1S/C23H18F3NO3S2.C3H8.CH4O/c1-11-8-9-14(19(26)18(11)25)21-17(23(29)30-4)16(10-31-21)27-22(28)13(3)32-20-12(2)6-5-7-15(20)24;1-3-2;1-2/h5-10H,3H2,1-2,4H3,(H,27,28);3H2,1-2H3;2H,1H3. The molecule has 0 atom stereocenters. The number of benzene rings is 2. The van der Waals surface area contributed by atoms with Gasteiger partial charge in [-0.15, -0.1) is 11.3 Å². The Kier molecular flexibility index (Phi) is 13.2. The normalized spacial score (nSPS) is 9.89. The second-order valence-corrected chi connectivity index (χ2v) is 9.46. The van der Waals surface area contributed by atoms with E-state index in [1.165, 1.54) is 36.9 Å². The molecule has 0 spiro atoms. The van der Waals surface area contributed by atoms with Gasteiger partial charge in [0.05, 0.1) is 27.5 Å². The van der Waals surface area contributed by atoms with E-state index in [1.807, 2.05) is 0 Å². The van der Waals surface area contributed by atoms with Crippen molar-refractivity contribution in [2.75, 3.05) is 19.5 Å². The highest BCUT2D eigenvalue weighted by molar-refractivity contribution is 8.04. The summed E-state index contributed by atoms with van der Waals surface area (Å²) in [6.45, 7) is 11.1. The van der Waals surface area contributed by atoms with Gasteiger partial charge in [-0.25, -0.2) is 18.0 Å². The zero-order chi connectivity index (χ0) is 28.3. The number of anilines is 1. The molecular formula is C27H30F3NO4S2. The van der Waals surface area contributed by atoms with E-state index in [0.717, 1.165) is 37.3 Å². The monoisotopic (exact) mass is 553 g/mol. The molecule has 1 heterocycles. The summed E-state index contributed by atoms with van der Waals surface area (Å²) >= 11 is 1.80. The van der Waals surface area contributed by atoms with E-state index >= 15 is 0 Å². The van der Waals surface area contributed by atoms with Crippen LogP contribution in [0.3, 0.4) is 0 Å². The van der Waals surface area contributed by atoms with Crippen LogP contribution in [0.25, 0.3) is 10.4 Å². The second kappa shape index (κ2) is 15.2. The van der Waals surface area contributed by atoms with E-state index in [4.69, 9.17) is 9.84 Å². The fourth-order valence-corrected chi connectivity index (χ4v) is 4.67. The lowest BCUT2D eigenvalue weighted by molar-refractivity contribution is -0.112. The van der Waals surface area contributed by atoms with Crippen molar-refractivity contribution in [1.82, 2.24) is 0 Å². The van der Waals surface area contributed by atoms with Crippen LogP contribution in [-0.4, -0.2) is 31.2 Å². The predicted molar refractivity (Wildman–Crippen MR) is 145 cm³/mol. The summed E-state index contributed by atoms with van der Waals surface area (Å²) in [5.41, 5.74) is 0.554. The Morgan fingerprint density at radius 2 is 1.68 bits per heavy atom. The van der Waals surface area contributed by atoms with Crippen molar-refractivity contribution in [3.05, 3.63) is 81.3 Å². The van der Waals surface area contributed by atoms with Gasteiger partial charge in [0, 0.05) is 18.1 Å². The lowest BCUT2D eigenvalue weighted by atomic mass is 10.1. The quantitative estimate of drug-likeness (QED) is 0.188. The number of esters is 1. The summed E-state index contributed by atoms with van der Waals surface area (Å²) in [5, 5.41) is 11.0. The molecule has 3 aromatic rings. The summed E-state index contributed by atoms with van der Waals surface area (Å²) in [6, 6.07) is 7.28. The highest BCUT2D eigenvalue weighted by Crippen LogP contribution is 2.39. The molecule has 2 aromatic carbocycles. The maximum Gasteiger partial charge on any atom is 0.341 e. The molecule has 0 saturated heterocycles. The number of aliphatic hydroxyl groups excluding tert-OH is 1. The highest BCUT2D eigenvalue weighted by Gasteiger charge is 2.26. The number of aliphatic hydroxyl groups is 1. The molecule has 0 fully saturated rings. The average Bonchev–Trinajstić information content (AvgIpc) is 3.29. The first-order valence-corrected chi connectivity index (χ1v) is 12.8. The molecule has 0 aliphatic heterocycles. The Hall–Kier alpha value is -3.08. The summed E-state index contributed by atoms with van der Waals surface area (Å²) in [7, 11) is 2.14. The van der Waals surface area contributed by atoms with Gasteiger partial charge in [0.1, 0.15) is 11.4 Å². The molecule has 5 nitrogen and oxygen atoms in total. The van der Waals surface area contributed by atoms with E-state index in [0.29, 0.717) is 5.56 Å². The minimum absolute atomic E-state index is 0.0191. The third-order valence-electron chi connectivity index (χ3n) is 4.59. The molecule has 1 aromatic heterocycles. The molecule has 0 aliphatic carbocycles. The van der Waals surface area contributed by atoms with Crippen LogP contribution in [-0.2, 0) is 9.53 Å². The predicted octanol–water partition coefficient (Wildman–Crippen LogP) is 7.51. The van der Waals surface area contributed by atoms with Crippen molar-refractivity contribution >= 4 is 40.7 Å². The molecule has 10 heteroatoms. The van der Waals surface area contributed by atoms with Crippen molar-refractivity contribution in [2.24, 2.45) is 0 Å². The molecule has 1 amide bonds. The van der Waals surface area contributed by atoms with Crippen LogP contribution in [0.1, 0.15) is 41.8 Å². The number of amides is 1. The van der Waals surface area contributed by atoms with Gasteiger partial charge in [0.2, 0.25) is 0 Å². The third kappa shape index (κ3) is 7.95. The molecule has 0 aliphatic rings. The Morgan fingerprint density at radius 1 is 1.05 bits per heavy atom. The van der Waals surface area contributed by atoms with Gasteiger partial charge in [-0.1, -0.05) is 62.9 Å². The van der Waals surface area contributed by atoms with E-state index in [-0.39, 0.29) is 37.1 Å². The lowest BCUT2D eigenvalue weighted by Gasteiger charge is -2.11. The first kappa shape index (κ1) is 31.9. The van der Waals surface area contributed by atoms with Crippen LogP contribution < -0.4 is 5.32 Å².